The number of carbonyl (C=O) groups is 1. The van der Waals surface area contributed by atoms with E-state index in [1.165, 1.54) is 0 Å². The number of carbonyl (C=O) groups excluding carboxylic acids is 1. The number of nitrogens with zero attached hydrogens (tertiary/aromatic N) is 3. The second-order valence-corrected chi connectivity index (χ2v) is 5.87. The van der Waals surface area contributed by atoms with E-state index in [4.69, 9.17) is 10.5 Å². The standard InChI is InChI=1S/C18H20N6O3/c1-12-7-8-16(27-10-4-9-19)14(11-12)21-18(25)22-17-20-13-5-2-3-6-15(13)24(26)23-17/h2-3,5-8,11H,4,9-10,19H2,1H3,(H2,20,21,22,23,25). The molecular formula is C18H20N6O3. The van der Waals surface area contributed by atoms with Crippen molar-refractivity contribution < 1.29 is 14.4 Å². The SMILES string of the molecule is Cc1ccc(OCCCN)c(NC(=O)Nc2nc3ccccc3[n+]([O-])n2)c1. The van der Waals surface area contributed by atoms with Gasteiger partial charge in [0.15, 0.2) is 0 Å². The molecule has 9 nitrogen and oxygen atoms in total. The van der Waals surface area contributed by atoms with Gasteiger partial charge in [0.2, 0.25) is 0 Å². The van der Waals surface area contributed by atoms with Gasteiger partial charge in [0.05, 0.1) is 17.4 Å². The number of urea groups is 1. The number of nitrogens with two attached hydrogens (primary N) is 1. The van der Waals surface area contributed by atoms with E-state index in [1.54, 1.807) is 36.4 Å². The molecule has 1 aromatic heterocycles. The van der Waals surface area contributed by atoms with Gasteiger partial charge in [0.1, 0.15) is 11.3 Å². The van der Waals surface area contributed by atoms with E-state index in [0.717, 1.165) is 5.56 Å². The van der Waals surface area contributed by atoms with E-state index in [0.29, 0.717) is 46.9 Å². The molecule has 27 heavy (non-hydrogen) atoms. The fraction of sp³-hybridized carbons (Fsp3) is 0.222. The number of fused-ring (bicyclic) bond motifs is 1. The summed E-state index contributed by atoms with van der Waals surface area (Å²) < 4.78 is 5.65. The Morgan fingerprint density at radius 1 is 1.26 bits per heavy atom. The number of amides is 2. The zero-order chi connectivity index (χ0) is 19.2. The molecule has 0 bridgehead atoms. The van der Waals surface area contributed by atoms with E-state index in [-0.39, 0.29) is 5.95 Å². The van der Waals surface area contributed by atoms with Crippen molar-refractivity contribution in [2.75, 3.05) is 23.8 Å². The van der Waals surface area contributed by atoms with Gasteiger partial charge in [-0.2, -0.15) is 0 Å². The average Bonchev–Trinajstić information content (AvgIpc) is 2.63. The fourth-order valence-electron chi connectivity index (χ4n) is 2.44. The second kappa shape index (κ2) is 8.28. The Hall–Kier alpha value is -3.46. The summed E-state index contributed by atoms with van der Waals surface area (Å²) >= 11 is 0. The van der Waals surface area contributed by atoms with Crippen molar-refractivity contribution >= 4 is 28.7 Å². The number of benzene rings is 2. The third kappa shape index (κ3) is 4.59. The molecule has 3 rings (SSSR count). The minimum absolute atomic E-state index is 0.0977. The maximum Gasteiger partial charge on any atom is 0.326 e. The van der Waals surface area contributed by atoms with Crippen molar-refractivity contribution in [3.05, 3.63) is 53.2 Å². The monoisotopic (exact) mass is 368 g/mol. The van der Waals surface area contributed by atoms with E-state index >= 15 is 0 Å². The molecule has 140 valence electrons. The van der Waals surface area contributed by atoms with Gasteiger partial charge in [-0.15, -0.1) is 0 Å². The highest BCUT2D eigenvalue weighted by molar-refractivity contribution is 5.99. The number of ether oxygens (including phenoxy) is 1. The van der Waals surface area contributed by atoms with Crippen molar-refractivity contribution in [2.45, 2.75) is 13.3 Å². The first-order valence-corrected chi connectivity index (χ1v) is 8.45. The number of aromatic nitrogens is 3. The Labute approximate surface area is 155 Å². The molecule has 3 aromatic rings. The molecule has 0 fully saturated rings. The fourth-order valence-corrected chi connectivity index (χ4v) is 2.44. The number of hydrogen-bond donors (Lipinski definition) is 3. The van der Waals surface area contributed by atoms with Crippen molar-refractivity contribution in [1.29, 1.82) is 0 Å². The van der Waals surface area contributed by atoms with E-state index in [1.807, 2.05) is 13.0 Å². The van der Waals surface area contributed by atoms with Crippen molar-refractivity contribution in [2.24, 2.45) is 5.73 Å². The Bertz CT molecular complexity index is 963. The van der Waals surface area contributed by atoms with Gasteiger partial charge in [0.25, 0.3) is 11.5 Å². The summed E-state index contributed by atoms with van der Waals surface area (Å²) in [5.74, 6) is 0.432. The van der Waals surface area contributed by atoms with Crippen LogP contribution < -0.4 is 25.9 Å². The van der Waals surface area contributed by atoms with Gasteiger partial charge in [-0.3, -0.25) is 5.32 Å². The Balaban J connectivity index is 1.75. The molecule has 9 heteroatoms. The maximum atomic E-state index is 12.3. The maximum absolute atomic E-state index is 12.3. The first kappa shape index (κ1) is 18.3. The number of rotatable bonds is 6. The van der Waals surface area contributed by atoms with Crippen LogP contribution in [0.25, 0.3) is 11.0 Å². The Morgan fingerprint density at radius 2 is 2.07 bits per heavy atom. The average molecular weight is 368 g/mol. The predicted molar refractivity (Wildman–Crippen MR) is 101 cm³/mol. The molecule has 0 saturated carbocycles. The van der Waals surface area contributed by atoms with Gasteiger partial charge in [-0.1, -0.05) is 18.2 Å². The summed E-state index contributed by atoms with van der Waals surface area (Å²) in [6.07, 6.45) is 0.702. The third-order valence-corrected chi connectivity index (χ3v) is 3.71. The van der Waals surface area contributed by atoms with Crippen LogP contribution in [0.4, 0.5) is 16.4 Å². The molecule has 0 aliphatic heterocycles. The molecule has 2 aromatic carbocycles. The van der Waals surface area contributed by atoms with Crippen molar-refractivity contribution in [3.8, 4) is 5.75 Å². The quantitative estimate of drug-likeness (QED) is 0.346. The lowest BCUT2D eigenvalue weighted by molar-refractivity contribution is -0.641. The molecular weight excluding hydrogens is 348 g/mol. The highest BCUT2D eigenvalue weighted by Gasteiger charge is 2.14. The van der Waals surface area contributed by atoms with Gasteiger partial charge in [0, 0.05) is 6.07 Å². The van der Waals surface area contributed by atoms with Crippen LogP contribution in [0.2, 0.25) is 0 Å². The number of para-hydroxylation sites is 2. The summed E-state index contributed by atoms with van der Waals surface area (Å²) in [5, 5.41) is 20.8. The van der Waals surface area contributed by atoms with Crippen LogP contribution in [-0.4, -0.2) is 29.3 Å². The summed E-state index contributed by atoms with van der Waals surface area (Å²) in [4.78, 5) is 16.9. The normalized spacial score (nSPS) is 10.6. The first-order chi connectivity index (χ1) is 13.1. The highest BCUT2D eigenvalue weighted by atomic mass is 16.5. The number of aryl methyl sites for hydroxylation is 1. The minimum Gasteiger partial charge on any atom is -0.594 e. The molecule has 0 atom stereocenters. The van der Waals surface area contributed by atoms with Crippen LogP contribution in [0.15, 0.2) is 42.5 Å². The topological polar surface area (TPSA) is 129 Å². The summed E-state index contributed by atoms with van der Waals surface area (Å²) in [6.45, 7) is 2.86. The number of anilines is 2. The van der Waals surface area contributed by atoms with Crippen molar-refractivity contribution in [1.82, 2.24) is 10.1 Å². The van der Waals surface area contributed by atoms with Gasteiger partial charge in [-0.05, 0) is 48.5 Å². The smallest absolute Gasteiger partial charge is 0.326 e. The zero-order valence-electron chi connectivity index (χ0n) is 14.8. The summed E-state index contributed by atoms with van der Waals surface area (Å²) in [5.41, 5.74) is 7.67. The van der Waals surface area contributed by atoms with Gasteiger partial charge < -0.3 is 21.0 Å². The van der Waals surface area contributed by atoms with Crippen LogP contribution >= 0.6 is 0 Å². The zero-order valence-corrected chi connectivity index (χ0v) is 14.8. The van der Waals surface area contributed by atoms with Gasteiger partial charge >= 0.3 is 6.03 Å². The first-order valence-electron chi connectivity index (χ1n) is 8.45. The van der Waals surface area contributed by atoms with E-state index in [9.17, 15) is 10.0 Å². The molecule has 2 amide bonds. The molecule has 0 unspecified atom stereocenters. The van der Waals surface area contributed by atoms with Gasteiger partial charge in [-0.25, -0.2) is 9.78 Å². The number of hydrogen-bond acceptors (Lipinski definition) is 6. The van der Waals surface area contributed by atoms with Crippen LogP contribution in [-0.2, 0) is 0 Å². The predicted octanol–water partition coefficient (Wildman–Crippen LogP) is 1.94. The lowest BCUT2D eigenvalue weighted by atomic mass is 10.2. The summed E-state index contributed by atoms with van der Waals surface area (Å²) in [7, 11) is 0. The molecule has 1 heterocycles. The largest absolute Gasteiger partial charge is 0.594 e. The molecule has 0 spiro atoms. The molecule has 4 N–H and O–H groups in total. The minimum atomic E-state index is -0.584. The molecule has 0 aliphatic rings. The number of nitrogens with one attached hydrogen (secondary N) is 2. The van der Waals surface area contributed by atoms with E-state index < -0.39 is 6.03 Å². The third-order valence-electron chi connectivity index (χ3n) is 3.71. The lowest BCUT2D eigenvalue weighted by Gasteiger charge is -2.13. The van der Waals surface area contributed by atoms with Crippen LogP contribution in [0.5, 0.6) is 5.75 Å². The lowest BCUT2D eigenvalue weighted by Crippen LogP contribution is -2.34. The van der Waals surface area contributed by atoms with Crippen molar-refractivity contribution in [3.63, 3.8) is 0 Å². The Kier molecular flexibility index (Phi) is 5.62. The second-order valence-electron chi connectivity index (χ2n) is 5.87. The van der Waals surface area contributed by atoms with Crippen LogP contribution in [0, 0.1) is 12.1 Å². The van der Waals surface area contributed by atoms with Crippen LogP contribution in [0.3, 0.4) is 0 Å². The summed E-state index contributed by atoms with van der Waals surface area (Å²) in [6, 6.07) is 11.6. The van der Waals surface area contributed by atoms with Crippen LogP contribution in [0.1, 0.15) is 12.0 Å². The highest BCUT2D eigenvalue weighted by Crippen LogP contribution is 2.26. The Morgan fingerprint density at radius 3 is 2.89 bits per heavy atom. The molecule has 0 radical (unpaired) electrons. The van der Waals surface area contributed by atoms with E-state index in [2.05, 4.69) is 20.7 Å². The molecule has 0 aliphatic carbocycles. The molecule has 0 saturated heterocycles.